The topological polar surface area (TPSA) is 41.1 Å². The van der Waals surface area contributed by atoms with Gasteiger partial charge >= 0.3 is 6.18 Å². The van der Waals surface area contributed by atoms with Crippen LogP contribution in [0.1, 0.15) is 22.7 Å². The summed E-state index contributed by atoms with van der Waals surface area (Å²) in [6.07, 6.45) is -4.43. The molecule has 0 fully saturated rings. The lowest BCUT2D eigenvalue weighted by Gasteiger charge is -2.24. The van der Waals surface area contributed by atoms with Crippen molar-refractivity contribution in [3.8, 4) is 0 Å². The molecule has 0 radical (unpaired) electrons. The second-order valence-corrected chi connectivity index (χ2v) is 6.05. The van der Waals surface area contributed by atoms with Crippen LogP contribution in [-0.2, 0) is 11.2 Å². The van der Waals surface area contributed by atoms with Crippen LogP contribution >= 0.6 is 0 Å². The van der Waals surface area contributed by atoms with Crippen molar-refractivity contribution in [2.45, 2.75) is 31.6 Å². The van der Waals surface area contributed by atoms with Crippen LogP contribution in [0.25, 0.3) is 0 Å². The Morgan fingerprint density at radius 2 is 1.96 bits per heavy atom. The Morgan fingerprint density at radius 3 is 2.60 bits per heavy atom. The predicted molar refractivity (Wildman–Crippen MR) is 85.6 cm³/mol. The van der Waals surface area contributed by atoms with Crippen LogP contribution in [0.3, 0.4) is 0 Å². The number of halogens is 4. The number of carbonyl (C=O) groups is 1. The molecule has 1 amide bonds. The van der Waals surface area contributed by atoms with Gasteiger partial charge in [-0.1, -0.05) is 30.3 Å². The van der Waals surface area contributed by atoms with E-state index in [0.717, 1.165) is 35.0 Å². The Bertz CT molecular complexity index is 804. The summed E-state index contributed by atoms with van der Waals surface area (Å²) in [4.78, 5) is 12.4. The minimum atomic E-state index is -4.73. The molecule has 1 aliphatic heterocycles. The number of hydrogen-bond acceptors (Lipinski definition) is 2. The smallest absolute Gasteiger partial charge is 0.373 e. The molecule has 1 heterocycles. The lowest BCUT2D eigenvalue weighted by atomic mass is 10.0. The lowest BCUT2D eigenvalue weighted by Crippen LogP contribution is -2.45. The van der Waals surface area contributed by atoms with Crippen LogP contribution in [0.5, 0.6) is 0 Å². The summed E-state index contributed by atoms with van der Waals surface area (Å²) in [7, 11) is 0. The van der Waals surface area contributed by atoms with Gasteiger partial charge in [-0.25, -0.2) is 4.39 Å². The van der Waals surface area contributed by atoms with Crippen LogP contribution in [0.15, 0.2) is 42.5 Å². The molecule has 3 nitrogen and oxygen atoms in total. The number of hydrogen-bond donors (Lipinski definition) is 2. The Morgan fingerprint density at radius 1 is 1.24 bits per heavy atom. The largest absolute Gasteiger partial charge is 0.412 e. The molecular weight excluding hydrogens is 336 g/mol. The number of alkyl halides is 3. The molecular formula is C18H16F4N2O. The van der Waals surface area contributed by atoms with E-state index in [9.17, 15) is 22.4 Å². The van der Waals surface area contributed by atoms with Crippen molar-refractivity contribution < 1.29 is 22.4 Å². The van der Waals surface area contributed by atoms with Gasteiger partial charge in [-0.3, -0.25) is 4.79 Å². The van der Waals surface area contributed by atoms with E-state index in [1.807, 2.05) is 30.4 Å². The second kappa shape index (κ2) is 6.38. The molecule has 0 aromatic heterocycles. The van der Waals surface area contributed by atoms with E-state index in [2.05, 4.69) is 5.32 Å². The Hall–Kier alpha value is -2.57. The fourth-order valence-corrected chi connectivity index (χ4v) is 2.99. The first kappa shape index (κ1) is 17.3. The van der Waals surface area contributed by atoms with E-state index in [4.69, 9.17) is 0 Å². The number of benzene rings is 2. The third-order valence-electron chi connectivity index (χ3n) is 4.21. The average Bonchev–Trinajstić information content (AvgIpc) is 2.97. The van der Waals surface area contributed by atoms with Gasteiger partial charge in [0.15, 0.2) is 6.04 Å². The first-order valence-electron chi connectivity index (χ1n) is 7.73. The number of para-hydroxylation sites is 1. The molecule has 7 heteroatoms. The van der Waals surface area contributed by atoms with Crippen molar-refractivity contribution in [3.05, 3.63) is 65.0 Å². The fraction of sp³-hybridized carbons (Fsp3) is 0.278. The molecule has 0 saturated carbocycles. The molecule has 2 N–H and O–H groups in total. The molecule has 25 heavy (non-hydrogen) atoms. The van der Waals surface area contributed by atoms with E-state index in [1.54, 1.807) is 0 Å². The molecule has 3 rings (SSSR count). The number of anilines is 1. The van der Waals surface area contributed by atoms with Crippen LogP contribution in [0.2, 0.25) is 0 Å². The van der Waals surface area contributed by atoms with E-state index in [1.165, 1.54) is 6.07 Å². The molecule has 0 spiro atoms. The highest BCUT2D eigenvalue weighted by atomic mass is 19.4. The minimum absolute atomic E-state index is 0.302. The molecule has 0 saturated heterocycles. The lowest BCUT2D eigenvalue weighted by molar-refractivity contribution is -0.163. The number of carbonyl (C=O) groups excluding carboxylic acids is 1. The molecule has 1 aliphatic rings. The zero-order valence-electron chi connectivity index (χ0n) is 13.3. The number of fused-ring (bicyclic) bond motifs is 1. The Labute approximate surface area is 142 Å². The zero-order chi connectivity index (χ0) is 18.2. The van der Waals surface area contributed by atoms with Crippen molar-refractivity contribution >= 4 is 11.6 Å². The first-order valence-corrected chi connectivity index (χ1v) is 7.73. The number of nitrogens with one attached hydrogen (secondary N) is 2. The molecule has 2 aromatic carbocycles. The highest BCUT2D eigenvalue weighted by molar-refractivity contribution is 5.88. The average molecular weight is 352 g/mol. The molecule has 0 aliphatic carbocycles. The third kappa shape index (κ3) is 3.60. The summed E-state index contributed by atoms with van der Waals surface area (Å²) in [5.41, 5.74) is 2.24. The quantitative estimate of drug-likeness (QED) is 0.823. The van der Waals surface area contributed by atoms with E-state index >= 15 is 0 Å². The highest BCUT2D eigenvalue weighted by Crippen LogP contribution is 2.34. The molecule has 2 atom stereocenters. The van der Waals surface area contributed by atoms with Crippen molar-refractivity contribution in [1.82, 2.24) is 5.32 Å². The normalized spacial score (nSPS) is 17.6. The van der Waals surface area contributed by atoms with Crippen molar-refractivity contribution in [2.24, 2.45) is 0 Å². The summed E-state index contributed by atoms with van der Waals surface area (Å²) in [6, 6.07) is 6.62. The fourth-order valence-electron chi connectivity index (χ4n) is 2.99. The predicted octanol–water partition coefficient (Wildman–Crippen LogP) is 3.89. The van der Waals surface area contributed by atoms with E-state index in [-0.39, 0.29) is 5.56 Å². The maximum atomic E-state index is 13.4. The standard InChI is InChI=1S/C18H16F4N2O/c1-10-4-2-5-11-9-14(23-15(10)11)17(25)24-16(18(20,21)22)12-6-3-7-13(19)8-12/h2-8,14,16,23H,9H2,1H3,(H,24,25). The van der Waals surface area contributed by atoms with Crippen LogP contribution < -0.4 is 10.6 Å². The maximum absolute atomic E-state index is 13.4. The Kier molecular flexibility index (Phi) is 4.41. The zero-order valence-corrected chi connectivity index (χ0v) is 13.3. The van der Waals surface area contributed by atoms with Crippen molar-refractivity contribution in [2.75, 3.05) is 5.32 Å². The van der Waals surface area contributed by atoms with E-state index in [0.29, 0.717) is 6.42 Å². The molecule has 2 aromatic rings. The van der Waals surface area contributed by atoms with Gasteiger partial charge in [0.25, 0.3) is 0 Å². The summed E-state index contributed by atoms with van der Waals surface area (Å²) in [5, 5.41) is 4.97. The summed E-state index contributed by atoms with van der Waals surface area (Å²) < 4.78 is 53.3. The van der Waals surface area contributed by atoms with Gasteiger partial charge in [0.05, 0.1) is 0 Å². The highest BCUT2D eigenvalue weighted by Gasteiger charge is 2.43. The Balaban J connectivity index is 1.79. The van der Waals surface area contributed by atoms with Crippen LogP contribution in [0, 0.1) is 12.7 Å². The van der Waals surface area contributed by atoms with E-state index < -0.39 is 30.0 Å². The molecule has 2 unspecified atom stereocenters. The van der Waals surface area contributed by atoms with Gasteiger partial charge in [-0.2, -0.15) is 13.2 Å². The van der Waals surface area contributed by atoms with Crippen LogP contribution in [0.4, 0.5) is 23.2 Å². The summed E-state index contributed by atoms with van der Waals surface area (Å²) >= 11 is 0. The number of aryl methyl sites for hydroxylation is 1. The van der Waals surface area contributed by atoms with Gasteiger partial charge in [0.2, 0.25) is 5.91 Å². The van der Waals surface area contributed by atoms with Crippen molar-refractivity contribution in [3.63, 3.8) is 0 Å². The maximum Gasteiger partial charge on any atom is 0.412 e. The van der Waals surface area contributed by atoms with Gasteiger partial charge in [0, 0.05) is 12.1 Å². The van der Waals surface area contributed by atoms with Gasteiger partial charge in [0.1, 0.15) is 11.9 Å². The van der Waals surface area contributed by atoms with Crippen molar-refractivity contribution in [1.29, 1.82) is 0 Å². The van der Waals surface area contributed by atoms with Gasteiger partial charge in [-0.15, -0.1) is 0 Å². The monoisotopic (exact) mass is 352 g/mol. The SMILES string of the molecule is Cc1cccc2c1NC(C(=O)NC(c1cccc(F)c1)C(F)(F)F)C2. The third-order valence-corrected chi connectivity index (χ3v) is 4.21. The second-order valence-electron chi connectivity index (χ2n) is 6.05. The molecule has 0 bridgehead atoms. The summed E-state index contributed by atoms with van der Waals surface area (Å²) in [5.74, 6) is -1.56. The van der Waals surface area contributed by atoms with Gasteiger partial charge in [-0.05, 0) is 35.7 Å². The van der Waals surface area contributed by atoms with Crippen LogP contribution in [-0.4, -0.2) is 18.1 Å². The first-order chi connectivity index (χ1) is 11.8. The van der Waals surface area contributed by atoms with Gasteiger partial charge < -0.3 is 10.6 Å². The summed E-state index contributed by atoms with van der Waals surface area (Å²) in [6.45, 7) is 1.86. The number of amides is 1. The minimum Gasteiger partial charge on any atom is -0.373 e. The molecule has 132 valence electrons. The number of rotatable bonds is 3.